The number of rotatable bonds is 4. The molecular formula is C27H19F3N2O. The molecule has 0 spiro atoms. The highest BCUT2D eigenvalue weighted by Crippen LogP contribution is 2.41. The third kappa shape index (κ3) is 3.44. The first-order valence-electron chi connectivity index (χ1n) is 10.4. The average molecular weight is 444 g/mol. The van der Waals surface area contributed by atoms with Crippen LogP contribution in [0.5, 0.6) is 0 Å². The van der Waals surface area contributed by atoms with Crippen LogP contribution in [-0.4, -0.2) is 10.8 Å². The number of fused-ring (bicyclic) bond motifs is 2. The maximum Gasteiger partial charge on any atom is 0.161 e. The Morgan fingerprint density at radius 1 is 1.00 bits per heavy atom. The minimum absolute atomic E-state index is 0.0643. The van der Waals surface area contributed by atoms with Gasteiger partial charge in [0, 0.05) is 40.0 Å². The number of carbonyl (C=O) groups is 1. The number of nitrogens with one attached hydrogen (secondary N) is 1. The third-order valence-electron chi connectivity index (χ3n) is 5.96. The van der Waals surface area contributed by atoms with E-state index in [4.69, 9.17) is 0 Å². The highest BCUT2D eigenvalue weighted by atomic mass is 19.1. The Kier molecular flexibility index (Phi) is 4.93. The zero-order valence-electron chi connectivity index (χ0n) is 17.8. The van der Waals surface area contributed by atoms with E-state index in [0.29, 0.717) is 5.56 Å². The van der Waals surface area contributed by atoms with Gasteiger partial charge in [-0.2, -0.15) is 0 Å². The number of aromatic nitrogens is 1. The minimum Gasteiger partial charge on any atom is -0.361 e. The molecule has 3 nitrogen and oxygen atoms in total. The zero-order valence-corrected chi connectivity index (χ0v) is 17.8. The lowest BCUT2D eigenvalue weighted by Gasteiger charge is -2.31. The van der Waals surface area contributed by atoms with E-state index in [1.807, 2.05) is 30.5 Å². The maximum atomic E-state index is 15.2. The predicted molar refractivity (Wildman–Crippen MR) is 124 cm³/mol. The van der Waals surface area contributed by atoms with Crippen molar-refractivity contribution >= 4 is 27.9 Å². The molecule has 2 heterocycles. The van der Waals surface area contributed by atoms with Crippen molar-refractivity contribution in [3.63, 3.8) is 0 Å². The molecule has 1 aliphatic rings. The Hall–Kier alpha value is -4.06. The fourth-order valence-corrected chi connectivity index (χ4v) is 4.33. The minimum atomic E-state index is -0.691. The molecule has 5 rings (SSSR count). The predicted octanol–water partition coefficient (Wildman–Crippen LogP) is 6.76. The van der Waals surface area contributed by atoms with E-state index < -0.39 is 17.5 Å². The number of H-pyrrole nitrogens is 1. The molecule has 0 bridgehead atoms. The smallest absolute Gasteiger partial charge is 0.161 e. The van der Waals surface area contributed by atoms with Crippen molar-refractivity contribution in [2.75, 3.05) is 4.90 Å². The molecule has 1 N–H and O–H groups in total. The number of carbonyl (C=O) groups excluding carboxylic acids is 1. The van der Waals surface area contributed by atoms with Crippen LogP contribution in [0.2, 0.25) is 0 Å². The average Bonchev–Trinajstić information content (AvgIpc) is 3.27. The number of ketones is 1. The van der Waals surface area contributed by atoms with Crippen LogP contribution in [0.4, 0.5) is 18.9 Å². The van der Waals surface area contributed by atoms with Gasteiger partial charge in [0.05, 0.1) is 12.2 Å². The number of benzene rings is 3. The maximum absolute atomic E-state index is 15.2. The van der Waals surface area contributed by atoms with Gasteiger partial charge in [0.15, 0.2) is 5.78 Å². The lowest BCUT2D eigenvalue weighted by molar-refractivity contribution is -0.113. The topological polar surface area (TPSA) is 36.1 Å². The second kappa shape index (κ2) is 7.81. The summed E-state index contributed by atoms with van der Waals surface area (Å²) < 4.78 is 44.5. The molecule has 0 aliphatic carbocycles. The Morgan fingerprint density at radius 3 is 2.55 bits per heavy atom. The molecule has 164 valence electrons. The van der Waals surface area contributed by atoms with Gasteiger partial charge in [-0.3, -0.25) is 4.79 Å². The fraction of sp³-hybridized carbons (Fsp3) is 0.0741. The zero-order chi connectivity index (χ0) is 23.3. The fourth-order valence-electron chi connectivity index (χ4n) is 4.33. The van der Waals surface area contributed by atoms with E-state index in [2.05, 4.69) is 11.6 Å². The molecular weight excluding hydrogens is 425 g/mol. The first kappa shape index (κ1) is 20.8. The molecule has 0 saturated heterocycles. The summed E-state index contributed by atoms with van der Waals surface area (Å²) >= 11 is 0. The number of nitrogens with zero attached hydrogens (tertiary/aromatic N) is 1. The van der Waals surface area contributed by atoms with Gasteiger partial charge in [0.25, 0.3) is 0 Å². The van der Waals surface area contributed by atoms with Crippen LogP contribution >= 0.6 is 0 Å². The van der Waals surface area contributed by atoms with Gasteiger partial charge in [0.1, 0.15) is 17.5 Å². The Morgan fingerprint density at radius 2 is 1.79 bits per heavy atom. The second-order valence-electron chi connectivity index (χ2n) is 8.01. The normalized spacial score (nSPS) is 13.3. The summed E-state index contributed by atoms with van der Waals surface area (Å²) in [5.41, 5.74) is 2.92. The number of anilines is 1. The molecule has 0 saturated carbocycles. The number of halogens is 3. The molecule has 0 amide bonds. The number of hydrogen-bond donors (Lipinski definition) is 1. The van der Waals surface area contributed by atoms with Crippen molar-refractivity contribution in [2.24, 2.45) is 0 Å². The summed E-state index contributed by atoms with van der Waals surface area (Å²) in [5.74, 6) is -2.19. The Bertz CT molecular complexity index is 1480. The van der Waals surface area contributed by atoms with Gasteiger partial charge in [0.2, 0.25) is 0 Å². The van der Waals surface area contributed by atoms with Crippen molar-refractivity contribution in [1.82, 2.24) is 4.98 Å². The number of allylic oxidation sites excluding steroid dienone is 2. The van der Waals surface area contributed by atoms with Gasteiger partial charge in [-0.25, -0.2) is 13.2 Å². The largest absolute Gasteiger partial charge is 0.361 e. The lowest BCUT2D eigenvalue weighted by atomic mass is 9.91. The summed E-state index contributed by atoms with van der Waals surface area (Å²) in [5, 5.41) is 0.972. The molecule has 1 aromatic heterocycles. The van der Waals surface area contributed by atoms with Crippen molar-refractivity contribution in [3.05, 3.63) is 108 Å². The van der Waals surface area contributed by atoms with Gasteiger partial charge in [-0.15, -0.1) is 0 Å². The van der Waals surface area contributed by atoms with Crippen molar-refractivity contribution in [2.45, 2.75) is 13.5 Å². The molecule has 3 aromatic carbocycles. The van der Waals surface area contributed by atoms with Crippen molar-refractivity contribution in [3.8, 4) is 11.1 Å². The van der Waals surface area contributed by atoms with E-state index in [-0.39, 0.29) is 40.3 Å². The van der Waals surface area contributed by atoms with Gasteiger partial charge in [-0.1, -0.05) is 30.8 Å². The molecule has 1 aliphatic heterocycles. The number of Topliss-reactive ketones (excluding diaryl/α,β-unsaturated/α-hetero) is 1. The quantitative estimate of drug-likeness (QED) is 0.378. The second-order valence-corrected chi connectivity index (χ2v) is 8.01. The summed E-state index contributed by atoms with van der Waals surface area (Å²) in [7, 11) is 0. The molecule has 0 atom stereocenters. The number of aromatic amines is 1. The van der Waals surface area contributed by atoms with E-state index in [1.54, 1.807) is 12.1 Å². The Labute approximate surface area is 188 Å². The van der Waals surface area contributed by atoms with Crippen LogP contribution in [0.25, 0.3) is 27.6 Å². The van der Waals surface area contributed by atoms with E-state index in [9.17, 15) is 13.6 Å². The Balaban J connectivity index is 1.56. The lowest BCUT2D eigenvalue weighted by Crippen LogP contribution is -2.25. The standard InChI is InChI=1S/C27H19F3N2O/c1-15-21(16(2)33)14-32(27-23(29)9-8-22(28)26(15)27)13-18-7-6-17(12-24(18)30)19-4-3-5-25-20(19)10-11-31-25/h3-12,14,31H,1,13H2,2H3. The monoisotopic (exact) mass is 444 g/mol. The van der Waals surface area contributed by atoms with Crippen LogP contribution < -0.4 is 4.90 Å². The molecule has 6 heteroatoms. The van der Waals surface area contributed by atoms with Crippen LogP contribution in [0, 0.1) is 17.5 Å². The van der Waals surface area contributed by atoms with Gasteiger partial charge in [-0.05, 0) is 54.0 Å². The molecule has 0 radical (unpaired) electrons. The third-order valence-corrected chi connectivity index (χ3v) is 5.96. The van der Waals surface area contributed by atoms with Crippen molar-refractivity contribution < 1.29 is 18.0 Å². The van der Waals surface area contributed by atoms with E-state index >= 15 is 4.39 Å². The molecule has 0 unspecified atom stereocenters. The van der Waals surface area contributed by atoms with E-state index in [0.717, 1.165) is 28.6 Å². The summed E-state index contributed by atoms with van der Waals surface area (Å²) in [6.45, 7) is 5.03. The molecule has 0 fully saturated rings. The highest BCUT2D eigenvalue weighted by Gasteiger charge is 2.29. The van der Waals surface area contributed by atoms with E-state index in [1.165, 1.54) is 24.1 Å². The summed E-state index contributed by atoms with van der Waals surface area (Å²) in [4.78, 5) is 16.6. The summed E-state index contributed by atoms with van der Waals surface area (Å²) in [6.07, 6.45) is 3.23. The van der Waals surface area contributed by atoms with Crippen LogP contribution in [0.1, 0.15) is 18.1 Å². The summed E-state index contributed by atoms with van der Waals surface area (Å²) in [6, 6.07) is 14.5. The van der Waals surface area contributed by atoms with Gasteiger partial charge >= 0.3 is 0 Å². The number of hydrogen-bond acceptors (Lipinski definition) is 2. The highest BCUT2D eigenvalue weighted by molar-refractivity contribution is 6.11. The molecule has 4 aromatic rings. The first-order chi connectivity index (χ1) is 15.8. The van der Waals surface area contributed by atoms with Crippen molar-refractivity contribution in [1.29, 1.82) is 0 Å². The van der Waals surface area contributed by atoms with Gasteiger partial charge < -0.3 is 9.88 Å². The first-order valence-corrected chi connectivity index (χ1v) is 10.4. The van der Waals surface area contributed by atoms with Crippen LogP contribution in [0.15, 0.2) is 79.1 Å². The van der Waals surface area contributed by atoms with Crippen LogP contribution in [-0.2, 0) is 11.3 Å². The van der Waals surface area contributed by atoms with Crippen LogP contribution in [0.3, 0.4) is 0 Å². The SMILES string of the molecule is C=C1C(C(C)=O)=CN(Cc2ccc(-c3cccc4[nH]ccc34)cc2F)c2c(F)ccc(F)c21. The molecule has 33 heavy (non-hydrogen) atoms.